The minimum absolute atomic E-state index is 0.148. The molecule has 0 bridgehead atoms. The average molecular weight is 412 g/mol. The Kier molecular flexibility index (Phi) is 5.28. The van der Waals surface area contributed by atoms with Crippen LogP contribution in [0.25, 0.3) is 0 Å². The summed E-state index contributed by atoms with van der Waals surface area (Å²) in [6.07, 6.45) is 1.03. The second-order valence-corrected chi connectivity index (χ2v) is 6.87. The number of amides is 2. The maximum atomic E-state index is 12.7. The summed E-state index contributed by atoms with van der Waals surface area (Å²) in [7, 11) is 0. The molecule has 1 aliphatic heterocycles. The molecule has 2 N–H and O–H groups in total. The number of ether oxygens (including phenoxy) is 1. The van der Waals surface area contributed by atoms with Gasteiger partial charge in [-0.2, -0.15) is 13.9 Å². The average Bonchev–Trinajstić information content (AvgIpc) is 3.38. The Morgan fingerprint density at radius 3 is 2.60 bits per heavy atom. The van der Waals surface area contributed by atoms with Crippen LogP contribution in [-0.2, 0) is 18.0 Å². The monoisotopic (exact) mass is 412 g/mol. The molecule has 2 amide bonds. The van der Waals surface area contributed by atoms with Crippen LogP contribution in [0.5, 0.6) is 0 Å². The van der Waals surface area contributed by atoms with Gasteiger partial charge in [0.2, 0.25) is 0 Å². The number of benzene rings is 2. The van der Waals surface area contributed by atoms with Gasteiger partial charge in [0.1, 0.15) is 0 Å². The first-order valence-corrected chi connectivity index (χ1v) is 9.17. The summed E-state index contributed by atoms with van der Waals surface area (Å²) >= 11 is 0. The van der Waals surface area contributed by atoms with Gasteiger partial charge in [0.25, 0.3) is 11.8 Å². The van der Waals surface area contributed by atoms with Crippen molar-refractivity contribution in [3.05, 3.63) is 76.6 Å². The molecule has 3 aromatic rings. The van der Waals surface area contributed by atoms with E-state index in [-0.39, 0.29) is 11.6 Å². The van der Waals surface area contributed by atoms with E-state index >= 15 is 0 Å². The number of aromatic nitrogens is 2. The largest absolute Gasteiger partial charge is 0.372 e. The van der Waals surface area contributed by atoms with Gasteiger partial charge in [0, 0.05) is 23.1 Å². The van der Waals surface area contributed by atoms with Crippen molar-refractivity contribution in [2.45, 2.75) is 26.7 Å². The van der Waals surface area contributed by atoms with E-state index in [9.17, 15) is 18.4 Å². The van der Waals surface area contributed by atoms with Crippen LogP contribution in [0.15, 0.2) is 48.7 Å². The number of hydrogen-bond donors (Lipinski definition) is 2. The number of hydrogen-bond acceptors (Lipinski definition) is 4. The maximum Gasteiger partial charge on any atom is 0.333 e. The highest BCUT2D eigenvalue weighted by Crippen LogP contribution is 2.24. The molecule has 1 aliphatic rings. The van der Waals surface area contributed by atoms with Gasteiger partial charge >= 0.3 is 6.55 Å². The first-order chi connectivity index (χ1) is 14.4. The maximum absolute atomic E-state index is 12.7. The van der Waals surface area contributed by atoms with Crippen molar-refractivity contribution in [1.82, 2.24) is 9.78 Å². The molecule has 0 spiro atoms. The predicted molar refractivity (Wildman–Crippen MR) is 106 cm³/mol. The van der Waals surface area contributed by atoms with Gasteiger partial charge in [-0.15, -0.1) is 0 Å². The van der Waals surface area contributed by atoms with E-state index in [2.05, 4.69) is 15.7 Å². The summed E-state index contributed by atoms with van der Waals surface area (Å²) in [4.78, 5) is 25.0. The number of rotatable bonds is 5. The summed E-state index contributed by atoms with van der Waals surface area (Å²) in [5, 5.41) is 8.99. The molecule has 0 aliphatic carbocycles. The van der Waals surface area contributed by atoms with E-state index in [4.69, 9.17) is 4.74 Å². The van der Waals surface area contributed by atoms with Gasteiger partial charge in [-0.1, -0.05) is 12.1 Å². The van der Waals surface area contributed by atoms with Crippen LogP contribution >= 0.6 is 0 Å². The minimum atomic E-state index is -2.83. The quantitative estimate of drug-likeness (QED) is 0.660. The Balaban J connectivity index is 1.49. The van der Waals surface area contributed by atoms with Crippen LogP contribution in [0.1, 0.15) is 44.1 Å². The summed E-state index contributed by atoms with van der Waals surface area (Å²) in [5.41, 5.74) is 4.07. The van der Waals surface area contributed by atoms with Crippen LogP contribution in [0, 0.1) is 6.92 Å². The Hall–Kier alpha value is -3.59. The van der Waals surface area contributed by atoms with E-state index in [0.29, 0.717) is 40.4 Å². The molecule has 154 valence electrons. The molecule has 4 rings (SSSR count). The predicted octanol–water partition coefficient (Wildman–Crippen LogP) is 4.12. The second-order valence-electron chi connectivity index (χ2n) is 6.87. The van der Waals surface area contributed by atoms with E-state index in [1.54, 1.807) is 19.1 Å². The number of carbonyl (C=O) groups excluding carboxylic acids is 2. The summed E-state index contributed by atoms with van der Waals surface area (Å²) < 4.78 is 31.1. The fourth-order valence-electron chi connectivity index (χ4n) is 3.11. The van der Waals surface area contributed by atoms with Crippen LogP contribution in [0.4, 0.5) is 20.2 Å². The lowest BCUT2D eigenvalue weighted by Crippen LogP contribution is -2.16. The molecule has 0 fully saturated rings. The smallest absolute Gasteiger partial charge is 0.333 e. The van der Waals surface area contributed by atoms with Crippen molar-refractivity contribution >= 4 is 23.2 Å². The number of carbonyl (C=O) groups is 2. The minimum Gasteiger partial charge on any atom is -0.372 e. The third-order valence-electron chi connectivity index (χ3n) is 4.77. The molecule has 0 saturated heterocycles. The van der Waals surface area contributed by atoms with Crippen LogP contribution in [-0.4, -0.2) is 21.6 Å². The molecule has 7 nitrogen and oxygen atoms in total. The zero-order chi connectivity index (χ0) is 21.3. The second kappa shape index (κ2) is 8.03. The first-order valence-electron chi connectivity index (χ1n) is 9.17. The van der Waals surface area contributed by atoms with Gasteiger partial charge in [0.15, 0.2) is 5.69 Å². The Morgan fingerprint density at radius 1 is 1.03 bits per heavy atom. The van der Waals surface area contributed by atoms with Crippen LogP contribution in [0.3, 0.4) is 0 Å². The molecule has 0 saturated carbocycles. The third kappa shape index (κ3) is 4.06. The fraction of sp³-hybridized carbons (Fsp3) is 0.190. The number of nitrogens with one attached hydrogen (secondary N) is 2. The number of nitrogens with zero attached hydrogens (tertiary/aromatic N) is 2. The van der Waals surface area contributed by atoms with Crippen LogP contribution in [0.2, 0.25) is 0 Å². The topological polar surface area (TPSA) is 85.3 Å². The molecule has 2 heterocycles. The molecular formula is C21H18F2N4O3. The van der Waals surface area contributed by atoms with Crippen molar-refractivity contribution in [2.24, 2.45) is 0 Å². The zero-order valence-electron chi connectivity index (χ0n) is 16.0. The number of fused-ring (bicyclic) bond motifs is 1. The van der Waals surface area contributed by atoms with Crippen molar-refractivity contribution < 1.29 is 23.1 Å². The molecule has 9 heteroatoms. The molecule has 1 aromatic heterocycles. The molecular weight excluding hydrogens is 394 g/mol. The number of halogens is 2. The van der Waals surface area contributed by atoms with Crippen LogP contribution < -0.4 is 10.6 Å². The van der Waals surface area contributed by atoms with E-state index in [0.717, 1.165) is 17.3 Å². The highest BCUT2D eigenvalue weighted by atomic mass is 19.3. The fourth-order valence-corrected chi connectivity index (χ4v) is 3.11. The van der Waals surface area contributed by atoms with E-state index in [1.807, 2.05) is 18.2 Å². The van der Waals surface area contributed by atoms with Gasteiger partial charge in [0.05, 0.1) is 13.2 Å². The van der Waals surface area contributed by atoms with E-state index in [1.165, 1.54) is 12.1 Å². The Morgan fingerprint density at radius 2 is 1.83 bits per heavy atom. The highest BCUT2D eigenvalue weighted by Gasteiger charge is 2.16. The van der Waals surface area contributed by atoms with Crippen molar-refractivity contribution in [3.63, 3.8) is 0 Å². The SMILES string of the molecule is Cc1ccc(C(=O)Nc2ccc3c(c2)COC3)cc1NC(=O)c1ccn(C(F)F)n1. The summed E-state index contributed by atoms with van der Waals surface area (Å²) in [6.45, 7) is 0.0163. The molecule has 0 radical (unpaired) electrons. The van der Waals surface area contributed by atoms with Gasteiger partial charge in [-0.3, -0.25) is 9.59 Å². The number of aryl methyl sites for hydroxylation is 1. The van der Waals surface area contributed by atoms with Gasteiger partial charge in [-0.05, 0) is 53.9 Å². The molecule has 2 aromatic carbocycles. The van der Waals surface area contributed by atoms with Gasteiger partial charge in [-0.25, -0.2) is 4.68 Å². The number of anilines is 2. The molecule has 0 atom stereocenters. The van der Waals surface area contributed by atoms with Crippen molar-refractivity contribution in [3.8, 4) is 0 Å². The molecule has 30 heavy (non-hydrogen) atoms. The standard InChI is InChI=1S/C21H18F2N4O3/c1-12-2-3-13(19(28)24-16-5-4-14-10-30-11-15(14)8-16)9-18(12)25-20(29)17-6-7-27(26-17)21(22)23/h2-9,21H,10-11H2,1H3,(H,24,28)(H,25,29). The normalized spacial score (nSPS) is 12.7. The first kappa shape index (κ1) is 19.7. The zero-order valence-corrected chi connectivity index (χ0v) is 16.0. The van der Waals surface area contributed by atoms with E-state index < -0.39 is 12.5 Å². The van der Waals surface area contributed by atoms with Crippen molar-refractivity contribution in [1.29, 1.82) is 0 Å². The lowest BCUT2D eigenvalue weighted by Gasteiger charge is -2.11. The molecule has 0 unspecified atom stereocenters. The van der Waals surface area contributed by atoms with Crippen molar-refractivity contribution in [2.75, 3.05) is 10.6 Å². The summed E-state index contributed by atoms with van der Waals surface area (Å²) in [6, 6.07) is 11.7. The lowest BCUT2D eigenvalue weighted by molar-refractivity contribution is 0.0561. The highest BCUT2D eigenvalue weighted by molar-refractivity contribution is 6.07. The number of alkyl halides is 2. The van der Waals surface area contributed by atoms with Gasteiger partial charge < -0.3 is 15.4 Å². The third-order valence-corrected chi connectivity index (χ3v) is 4.77. The Labute approximate surface area is 170 Å². The Bertz CT molecular complexity index is 1130. The lowest BCUT2D eigenvalue weighted by atomic mass is 10.1. The summed E-state index contributed by atoms with van der Waals surface area (Å²) in [5.74, 6) is -0.986.